The van der Waals surface area contributed by atoms with Gasteiger partial charge in [0.25, 0.3) is 0 Å². The molecule has 1 aliphatic heterocycles. The molecule has 0 atom stereocenters. The van der Waals surface area contributed by atoms with E-state index in [9.17, 15) is 4.79 Å². The summed E-state index contributed by atoms with van der Waals surface area (Å²) in [5, 5.41) is 8.46. The Labute approximate surface area is 171 Å². The highest BCUT2D eigenvalue weighted by Gasteiger charge is 2.16. The summed E-state index contributed by atoms with van der Waals surface area (Å²) < 4.78 is 17.0. The normalized spacial score (nSPS) is 12.1. The van der Waals surface area contributed by atoms with Crippen LogP contribution in [0.25, 0.3) is 0 Å². The second kappa shape index (κ2) is 12.3. The van der Waals surface area contributed by atoms with Gasteiger partial charge in [0.05, 0.1) is 13.2 Å². The van der Waals surface area contributed by atoms with Crippen LogP contribution >= 0.6 is 0 Å². The Kier molecular flexibility index (Phi) is 10.1. The third-order valence-electron chi connectivity index (χ3n) is 3.78. The lowest BCUT2D eigenvalue weighted by molar-refractivity contribution is 0.112. The SMILES string of the molecule is CC.CCOc1ccc(C2=NN=C(c3ccc(C=O)cc3)CO2)cc1OCC.O. The molecule has 7 heteroatoms. The van der Waals surface area contributed by atoms with E-state index >= 15 is 0 Å². The lowest BCUT2D eigenvalue weighted by Crippen LogP contribution is -2.20. The van der Waals surface area contributed by atoms with E-state index in [2.05, 4.69) is 10.2 Å². The van der Waals surface area contributed by atoms with Gasteiger partial charge in [0.1, 0.15) is 18.6 Å². The second-order valence-corrected chi connectivity index (χ2v) is 5.51. The van der Waals surface area contributed by atoms with Gasteiger partial charge in [0.2, 0.25) is 5.90 Å². The Balaban J connectivity index is 0.00000136. The van der Waals surface area contributed by atoms with E-state index in [4.69, 9.17) is 14.2 Å². The Bertz CT molecular complexity index is 845. The second-order valence-electron chi connectivity index (χ2n) is 5.51. The molecule has 0 amide bonds. The van der Waals surface area contributed by atoms with E-state index in [1.54, 1.807) is 12.1 Å². The summed E-state index contributed by atoms with van der Waals surface area (Å²) in [6, 6.07) is 12.7. The summed E-state index contributed by atoms with van der Waals surface area (Å²) >= 11 is 0. The highest BCUT2D eigenvalue weighted by atomic mass is 16.5. The average molecular weight is 400 g/mol. The first-order valence-electron chi connectivity index (χ1n) is 9.48. The largest absolute Gasteiger partial charge is 0.490 e. The van der Waals surface area contributed by atoms with Crippen LogP contribution in [0.3, 0.4) is 0 Å². The molecular weight excluding hydrogens is 372 g/mol. The van der Waals surface area contributed by atoms with Crippen molar-refractivity contribution in [3.8, 4) is 11.5 Å². The maximum absolute atomic E-state index is 10.7. The fourth-order valence-corrected chi connectivity index (χ4v) is 2.52. The van der Waals surface area contributed by atoms with Gasteiger partial charge in [0, 0.05) is 16.7 Å². The number of carbonyl (C=O) groups excluding carboxylic acids is 1. The summed E-state index contributed by atoms with van der Waals surface area (Å²) in [5.74, 6) is 1.77. The molecule has 0 fully saturated rings. The van der Waals surface area contributed by atoms with Crippen LogP contribution in [0.15, 0.2) is 52.7 Å². The number of ether oxygens (including phenoxy) is 3. The Hall–Kier alpha value is -3.19. The summed E-state index contributed by atoms with van der Waals surface area (Å²) in [6.45, 7) is 9.25. The molecule has 3 rings (SSSR count). The quantitative estimate of drug-likeness (QED) is 0.662. The predicted octanol–water partition coefficient (Wildman–Crippen LogP) is 3.68. The Morgan fingerprint density at radius 2 is 1.55 bits per heavy atom. The monoisotopic (exact) mass is 400 g/mol. The fraction of sp³-hybridized carbons (Fsp3) is 0.318. The van der Waals surface area contributed by atoms with Gasteiger partial charge < -0.3 is 19.7 Å². The first-order valence-corrected chi connectivity index (χ1v) is 9.48. The third kappa shape index (κ3) is 6.15. The van der Waals surface area contributed by atoms with E-state index in [1.165, 1.54) is 0 Å². The van der Waals surface area contributed by atoms with Crippen molar-refractivity contribution < 1.29 is 24.5 Å². The molecule has 0 aliphatic carbocycles. The minimum absolute atomic E-state index is 0. The number of benzene rings is 2. The molecule has 0 unspecified atom stereocenters. The van der Waals surface area contributed by atoms with Crippen LogP contribution in [-0.2, 0) is 4.74 Å². The highest BCUT2D eigenvalue weighted by molar-refractivity contribution is 6.06. The Morgan fingerprint density at radius 1 is 0.931 bits per heavy atom. The van der Waals surface area contributed by atoms with Crippen LogP contribution in [0.1, 0.15) is 49.2 Å². The van der Waals surface area contributed by atoms with Gasteiger partial charge in [-0.05, 0) is 32.0 Å². The summed E-state index contributed by atoms with van der Waals surface area (Å²) in [4.78, 5) is 10.7. The van der Waals surface area contributed by atoms with Crippen LogP contribution in [0.2, 0.25) is 0 Å². The lowest BCUT2D eigenvalue weighted by atomic mass is 10.1. The molecule has 1 heterocycles. The van der Waals surface area contributed by atoms with Crippen molar-refractivity contribution in [2.24, 2.45) is 10.2 Å². The van der Waals surface area contributed by atoms with E-state index in [0.29, 0.717) is 48.5 Å². The van der Waals surface area contributed by atoms with Crippen molar-refractivity contribution in [3.63, 3.8) is 0 Å². The zero-order chi connectivity index (χ0) is 20.4. The standard InChI is InChI=1S/C20H20N2O4.C2H6.H2O/c1-3-24-18-10-9-16(11-19(18)25-4-2)20-22-21-17(13-26-20)15-7-5-14(12-23)6-8-15;1-2;/h5-12H,3-4,13H2,1-2H3;1-2H3;1H2. The number of hydrogen-bond acceptors (Lipinski definition) is 6. The van der Waals surface area contributed by atoms with Gasteiger partial charge in [-0.25, -0.2) is 0 Å². The molecule has 29 heavy (non-hydrogen) atoms. The third-order valence-corrected chi connectivity index (χ3v) is 3.78. The predicted molar refractivity (Wildman–Crippen MR) is 115 cm³/mol. The van der Waals surface area contributed by atoms with E-state index in [0.717, 1.165) is 17.4 Å². The molecule has 156 valence electrons. The molecule has 0 bridgehead atoms. The first kappa shape index (κ1) is 23.8. The molecule has 2 aromatic rings. The maximum Gasteiger partial charge on any atom is 0.241 e. The molecule has 0 aromatic heterocycles. The molecule has 2 N–H and O–H groups in total. The lowest BCUT2D eigenvalue weighted by Gasteiger charge is -2.16. The van der Waals surface area contributed by atoms with Gasteiger partial charge in [-0.15, -0.1) is 10.2 Å². The van der Waals surface area contributed by atoms with E-state index < -0.39 is 0 Å². The first-order chi connectivity index (χ1) is 13.7. The molecule has 0 spiro atoms. The number of nitrogens with zero attached hydrogens (tertiary/aromatic N) is 2. The van der Waals surface area contributed by atoms with Crippen molar-refractivity contribution >= 4 is 17.9 Å². The van der Waals surface area contributed by atoms with Gasteiger partial charge in [0.15, 0.2) is 11.5 Å². The van der Waals surface area contributed by atoms with Crippen molar-refractivity contribution in [2.45, 2.75) is 27.7 Å². The molecule has 0 radical (unpaired) electrons. The summed E-state index contributed by atoms with van der Waals surface area (Å²) in [7, 11) is 0. The van der Waals surface area contributed by atoms with Gasteiger partial charge >= 0.3 is 0 Å². The van der Waals surface area contributed by atoms with Crippen LogP contribution < -0.4 is 9.47 Å². The number of carbonyl (C=O) groups is 1. The van der Waals surface area contributed by atoms with E-state index in [1.807, 2.05) is 58.0 Å². The van der Waals surface area contributed by atoms with Crippen LogP contribution in [0.4, 0.5) is 0 Å². The minimum Gasteiger partial charge on any atom is -0.490 e. The molecule has 7 nitrogen and oxygen atoms in total. The highest BCUT2D eigenvalue weighted by Crippen LogP contribution is 2.29. The average Bonchev–Trinajstić information content (AvgIpc) is 2.77. The Morgan fingerprint density at radius 3 is 2.10 bits per heavy atom. The van der Waals surface area contributed by atoms with Crippen molar-refractivity contribution in [1.82, 2.24) is 0 Å². The van der Waals surface area contributed by atoms with Crippen molar-refractivity contribution in [3.05, 3.63) is 59.2 Å². The summed E-state index contributed by atoms with van der Waals surface area (Å²) in [6.07, 6.45) is 0.807. The number of aldehydes is 1. The van der Waals surface area contributed by atoms with Crippen LogP contribution in [-0.4, -0.2) is 43.2 Å². The number of rotatable bonds is 7. The van der Waals surface area contributed by atoms with Gasteiger partial charge in [-0.3, -0.25) is 4.79 Å². The number of hydrogen-bond donors (Lipinski definition) is 0. The van der Waals surface area contributed by atoms with Gasteiger partial charge in [-0.1, -0.05) is 38.1 Å². The van der Waals surface area contributed by atoms with Crippen LogP contribution in [0, 0.1) is 0 Å². The van der Waals surface area contributed by atoms with E-state index in [-0.39, 0.29) is 5.48 Å². The zero-order valence-electron chi connectivity index (χ0n) is 17.3. The fourth-order valence-electron chi connectivity index (χ4n) is 2.52. The molecule has 0 saturated heterocycles. The molecule has 0 saturated carbocycles. The minimum atomic E-state index is 0. The van der Waals surface area contributed by atoms with Crippen LogP contribution in [0.5, 0.6) is 11.5 Å². The van der Waals surface area contributed by atoms with Crippen molar-refractivity contribution in [1.29, 1.82) is 0 Å². The molecular formula is C22H28N2O5. The summed E-state index contributed by atoms with van der Waals surface area (Å²) in [5.41, 5.74) is 2.98. The van der Waals surface area contributed by atoms with Crippen molar-refractivity contribution in [2.75, 3.05) is 19.8 Å². The zero-order valence-corrected chi connectivity index (χ0v) is 17.3. The topological polar surface area (TPSA) is 101 Å². The van der Waals surface area contributed by atoms with Gasteiger partial charge in [-0.2, -0.15) is 0 Å². The molecule has 1 aliphatic rings. The smallest absolute Gasteiger partial charge is 0.241 e. The maximum atomic E-state index is 10.7. The molecule has 2 aromatic carbocycles.